The van der Waals surface area contributed by atoms with Crippen LogP contribution in [0.4, 0.5) is 0 Å². The molecule has 4 rings (SSSR count). The number of rotatable bonds is 4. The second-order valence-electron chi connectivity index (χ2n) is 7.05. The van der Waals surface area contributed by atoms with Crippen LogP contribution in [0.15, 0.2) is 16.9 Å². The summed E-state index contributed by atoms with van der Waals surface area (Å²) < 4.78 is 3.91. The van der Waals surface area contributed by atoms with Gasteiger partial charge in [-0.25, -0.2) is 4.68 Å². The van der Waals surface area contributed by atoms with Gasteiger partial charge in [0, 0.05) is 38.0 Å². The Morgan fingerprint density at radius 2 is 2.04 bits per heavy atom. The molecule has 24 heavy (non-hydrogen) atoms. The Hall–Kier alpha value is -2.02. The van der Waals surface area contributed by atoms with E-state index in [-0.39, 0.29) is 5.56 Å². The summed E-state index contributed by atoms with van der Waals surface area (Å²) in [5, 5.41) is 13.1. The molecule has 7 nitrogen and oxygen atoms in total. The lowest BCUT2D eigenvalue weighted by Gasteiger charge is -2.38. The lowest BCUT2D eigenvalue weighted by Crippen LogP contribution is -2.49. The zero-order valence-electron chi connectivity index (χ0n) is 14.2. The van der Waals surface area contributed by atoms with Crippen molar-refractivity contribution in [2.24, 2.45) is 5.92 Å². The van der Waals surface area contributed by atoms with Gasteiger partial charge in [0.05, 0.1) is 18.8 Å². The monoisotopic (exact) mass is 328 g/mol. The van der Waals surface area contributed by atoms with E-state index in [2.05, 4.69) is 24.8 Å². The number of aromatic nitrogens is 5. The molecule has 2 aromatic heterocycles. The van der Waals surface area contributed by atoms with Crippen LogP contribution in [-0.2, 0) is 26.1 Å². The summed E-state index contributed by atoms with van der Waals surface area (Å²) in [5.41, 5.74) is 0.874. The second kappa shape index (κ2) is 6.47. The predicted molar refractivity (Wildman–Crippen MR) is 89.6 cm³/mol. The Balaban J connectivity index is 1.34. The highest BCUT2D eigenvalue weighted by Gasteiger charge is 2.29. The van der Waals surface area contributed by atoms with Crippen molar-refractivity contribution >= 4 is 0 Å². The summed E-state index contributed by atoms with van der Waals surface area (Å²) in [7, 11) is 0. The van der Waals surface area contributed by atoms with Gasteiger partial charge >= 0.3 is 0 Å². The van der Waals surface area contributed by atoms with E-state index in [1.54, 1.807) is 16.8 Å². The lowest BCUT2D eigenvalue weighted by atomic mass is 10.0. The SMILES string of the molecule is Cc1ccc(=O)n(CC2CN(Cc3nnc4n3CCCCC4)C2)n1. The molecule has 7 heteroatoms. The van der Waals surface area contributed by atoms with E-state index in [1.165, 1.54) is 19.3 Å². The van der Waals surface area contributed by atoms with Crippen LogP contribution in [0, 0.1) is 12.8 Å². The third kappa shape index (κ3) is 3.13. The molecule has 0 aliphatic carbocycles. The molecule has 0 amide bonds. The van der Waals surface area contributed by atoms with Gasteiger partial charge < -0.3 is 4.57 Å². The summed E-state index contributed by atoms with van der Waals surface area (Å²) in [6.45, 7) is 6.51. The molecule has 1 saturated heterocycles. The number of nitrogens with zero attached hydrogens (tertiary/aromatic N) is 6. The maximum Gasteiger partial charge on any atom is 0.266 e. The van der Waals surface area contributed by atoms with E-state index >= 15 is 0 Å². The summed E-state index contributed by atoms with van der Waals surface area (Å²) in [4.78, 5) is 14.2. The first kappa shape index (κ1) is 15.5. The van der Waals surface area contributed by atoms with Crippen molar-refractivity contribution in [2.75, 3.05) is 13.1 Å². The molecule has 2 aliphatic rings. The molecule has 0 radical (unpaired) electrons. The molecular weight excluding hydrogens is 304 g/mol. The van der Waals surface area contributed by atoms with Gasteiger partial charge in [0.15, 0.2) is 0 Å². The number of hydrogen-bond acceptors (Lipinski definition) is 5. The predicted octanol–water partition coefficient (Wildman–Crippen LogP) is 1.00. The maximum absolute atomic E-state index is 11.8. The first-order valence-electron chi connectivity index (χ1n) is 8.87. The second-order valence-corrected chi connectivity index (χ2v) is 7.05. The quantitative estimate of drug-likeness (QED) is 0.837. The van der Waals surface area contributed by atoms with E-state index < -0.39 is 0 Å². The smallest absolute Gasteiger partial charge is 0.266 e. The van der Waals surface area contributed by atoms with Crippen LogP contribution in [0.5, 0.6) is 0 Å². The fourth-order valence-corrected chi connectivity index (χ4v) is 3.71. The first-order chi connectivity index (χ1) is 11.7. The van der Waals surface area contributed by atoms with Crippen LogP contribution in [-0.4, -0.2) is 42.5 Å². The Labute approximate surface area is 141 Å². The van der Waals surface area contributed by atoms with Gasteiger partial charge in [-0.1, -0.05) is 6.42 Å². The molecule has 1 fully saturated rings. The number of aryl methyl sites for hydroxylation is 2. The van der Waals surface area contributed by atoms with Crippen molar-refractivity contribution in [1.82, 2.24) is 29.4 Å². The standard InChI is InChI=1S/C17H24N6O/c1-13-6-7-17(24)23(20-13)11-14-9-21(10-14)12-16-19-18-15-5-3-2-4-8-22(15)16/h6-7,14H,2-5,8-12H2,1H3. The van der Waals surface area contributed by atoms with Crippen molar-refractivity contribution < 1.29 is 0 Å². The van der Waals surface area contributed by atoms with Gasteiger partial charge in [-0.2, -0.15) is 5.10 Å². The summed E-state index contributed by atoms with van der Waals surface area (Å²) in [6, 6.07) is 3.37. The average molecular weight is 328 g/mol. The maximum atomic E-state index is 11.8. The Kier molecular flexibility index (Phi) is 4.18. The zero-order chi connectivity index (χ0) is 16.5. The number of hydrogen-bond donors (Lipinski definition) is 0. The van der Waals surface area contributed by atoms with Crippen molar-refractivity contribution in [3.63, 3.8) is 0 Å². The molecule has 128 valence electrons. The molecule has 0 bridgehead atoms. The average Bonchev–Trinajstić information content (AvgIpc) is 2.76. The Morgan fingerprint density at radius 3 is 2.92 bits per heavy atom. The molecule has 2 aromatic rings. The highest BCUT2D eigenvalue weighted by molar-refractivity contribution is 5.00. The lowest BCUT2D eigenvalue weighted by molar-refractivity contribution is 0.0726. The minimum Gasteiger partial charge on any atom is -0.314 e. The topological polar surface area (TPSA) is 68.8 Å². The highest BCUT2D eigenvalue weighted by Crippen LogP contribution is 2.21. The summed E-state index contributed by atoms with van der Waals surface area (Å²) in [5.74, 6) is 2.73. The van der Waals surface area contributed by atoms with Gasteiger partial charge in [0.1, 0.15) is 11.6 Å². The van der Waals surface area contributed by atoms with Crippen molar-refractivity contribution in [1.29, 1.82) is 0 Å². The van der Waals surface area contributed by atoms with Gasteiger partial charge in [0.25, 0.3) is 5.56 Å². The molecule has 0 atom stereocenters. The number of fused-ring (bicyclic) bond motifs is 1. The summed E-state index contributed by atoms with van der Waals surface area (Å²) >= 11 is 0. The minimum absolute atomic E-state index is 0.0122. The first-order valence-corrected chi connectivity index (χ1v) is 8.87. The molecule has 0 aromatic carbocycles. The van der Waals surface area contributed by atoms with Gasteiger partial charge in [-0.3, -0.25) is 9.69 Å². The molecule has 4 heterocycles. The van der Waals surface area contributed by atoms with Crippen molar-refractivity contribution in [2.45, 2.75) is 52.2 Å². The summed E-state index contributed by atoms with van der Waals surface area (Å²) in [6.07, 6.45) is 4.79. The van der Waals surface area contributed by atoms with Crippen LogP contribution in [0.25, 0.3) is 0 Å². The van der Waals surface area contributed by atoms with Gasteiger partial charge in [0.2, 0.25) is 0 Å². The third-order valence-electron chi connectivity index (χ3n) is 5.02. The molecule has 2 aliphatic heterocycles. The van der Waals surface area contributed by atoms with Crippen molar-refractivity contribution in [3.8, 4) is 0 Å². The van der Waals surface area contributed by atoms with Crippen LogP contribution in [0.2, 0.25) is 0 Å². The molecule has 0 spiro atoms. The van der Waals surface area contributed by atoms with Crippen LogP contribution < -0.4 is 5.56 Å². The third-order valence-corrected chi connectivity index (χ3v) is 5.02. The Bertz CT molecular complexity index is 774. The Morgan fingerprint density at radius 1 is 1.17 bits per heavy atom. The van der Waals surface area contributed by atoms with Crippen LogP contribution >= 0.6 is 0 Å². The van der Waals surface area contributed by atoms with E-state index in [4.69, 9.17) is 0 Å². The zero-order valence-corrected chi connectivity index (χ0v) is 14.2. The molecular formula is C17H24N6O. The van der Waals surface area contributed by atoms with E-state index in [0.29, 0.717) is 12.5 Å². The van der Waals surface area contributed by atoms with E-state index in [0.717, 1.165) is 49.9 Å². The highest BCUT2D eigenvalue weighted by atomic mass is 16.1. The number of likely N-dealkylation sites (tertiary alicyclic amines) is 1. The van der Waals surface area contributed by atoms with Crippen LogP contribution in [0.3, 0.4) is 0 Å². The van der Waals surface area contributed by atoms with E-state index in [9.17, 15) is 4.79 Å². The normalized spacial score (nSPS) is 18.9. The van der Waals surface area contributed by atoms with Crippen LogP contribution in [0.1, 0.15) is 36.6 Å². The van der Waals surface area contributed by atoms with Gasteiger partial charge in [-0.05, 0) is 25.8 Å². The van der Waals surface area contributed by atoms with E-state index in [1.807, 2.05) is 6.92 Å². The molecule has 0 saturated carbocycles. The minimum atomic E-state index is -0.0122. The fraction of sp³-hybridized carbons (Fsp3) is 0.647. The largest absolute Gasteiger partial charge is 0.314 e. The van der Waals surface area contributed by atoms with Gasteiger partial charge in [-0.15, -0.1) is 10.2 Å². The van der Waals surface area contributed by atoms with Crippen molar-refractivity contribution in [3.05, 3.63) is 39.8 Å². The molecule has 0 unspecified atom stereocenters. The fourth-order valence-electron chi connectivity index (χ4n) is 3.71. The molecule has 0 N–H and O–H groups in total.